The SMILES string of the molecule is NC(=O)c1ccc(-c2ncc(CNCC(=O)c3ccc4c(c3)NC(=O)c3ccccc3O4)s2)cc1. The zero-order chi connectivity index (χ0) is 24.4. The number of anilines is 1. The summed E-state index contributed by atoms with van der Waals surface area (Å²) in [5, 5.41) is 6.77. The van der Waals surface area contributed by atoms with E-state index in [9.17, 15) is 14.4 Å². The molecule has 4 N–H and O–H groups in total. The number of nitrogens with zero attached hydrogens (tertiary/aromatic N) is 1. The van der Waals surface area contributed by atoms with E-state index < -0.39 is 5.91 Å². The summed E-state index contributed by atoms with van der Waals surface area (Å²) in [7, 11) is 0. The van der Waals surface area contributed by atoms with Gasteiger partial charge in [-0.05, 0) is 42.5 Å². The zero-order valence-electron chi connectivity index (χ0n) is 18.4. The molecule has 8 nitrogen and oxygen atoms in total. The van der Waals surface area contributed by atoms with Crippen LogP contribution >= 0.6 is 11.3 Å². The van der Waals surface area contributed by atoms with Crippen molar-refractivity contribution in [1.82, 2.24) is 10.3 Å². The van der Waals surface area contributed by atoms with Crippen molar-refractivity contribution in [3.05, 3.63) is 94.5 Å². The van der Waals surface area contributed by atoms with E-state index in [1.165, 1.54) is 11.3 Å². The molecule has 9 heteroatoms. The number of Topliss-reactive ketones (excluding diaryl/α,β-unsaturated/α-hetero) is 1. The van der Waals surface area contributed by atoms with Gasteiger partial charge in [-0.15, -0.1) is 11.3 Å². The molecule has 4 aromatic rings. The topological polar surface area (TPSA) is 123 Å². The zero-order valence-corrected chi connectivity index (χ0v) is 19.2. The van der Waals surface area contributed by atoms with Gasteiger partial charge in [-0.3, -0.25) is 14.4 Å². The van der Waals surface area contributed by atoms with E-state index >= 15 is 0 Å². The van der Waals surface area contributed by atoms with E-state index in [0.29, 0.717) is 40.4 Å². The molecule has 0 saturated carbocycles. The normalized spacial score (nSPS) is 12.1. The molecule has 0 atom stereocenters. The van der Waals surface area contributed by atoms with Crippen molar-refractivity contribution in [1.29, 1.82) is 0 Å². The highest BCUT2D eigenvalue weighted by Crippen LogP contribution is 2.36. The molecule has 1 aliphatic rings. The van der Waals surface area contributed by atoms with Crippen molar-refractivity contribution in [2.75, 3.05) is 11.9 Å². The van der Waals surface area contributed by atoms with Gasteiger partial charge in [-0.2, -0.15) is 0 Å². The summed E-state index contributed by atoms with van der Waals surface area (Å²) >= 11 is 1.50. The van der Waals surface area contributed by atoms with Crippen molar-refractivity contribution in [3.63, 3.8) is 0 Å². The smallest absolute Gasteiger partial charge is 0.259 e. The van der Waals surface area contributed by atoms with Crippen LogP contribution in [0.2, 0.25) is 0 Å². The number of amides is 2. The van der Waals surface area contributed by atoms with Crippen LogP contribution in [-0.4, -0.2) is 29.1 Å². The van der Waals surface area contributed by atoms with Crippen LogP contribution in [0.4, 0.5) is 5.69 Å². The molecule has 3 aromatic carbocycles. The second-order valence-electron chi connectivity index (χ2n) is 7.86. The lowest BCUT2D eigenvalue weighted by molar-refractivity contribution is 0.0985. The Labute approximate surface area is 204 Å². The van der Waals surface area contributed by atoms with E-state index in [1.54, 1.807) is 72.9 Å². The molecular formula is C26H20N4O4S. The van der Waals surface area contributed by atoms with Crippen LogP contribution in [0.15, 0.2) is 72.9 Å². The van der Waals surface area contributed by atoms with Crippen molar-refractivity contribution in [2.45, 2.75) is 6.54 Å². The molecule has 1 aliphatic heterocycles. The molecular weight excluding hydrogens is 464 g/mol. The molecule has 174 valence electrons. The molecule has 35 heavy (non-hydrogen) atoms. The number of benzene rings is 3. The lowest BCUT2D eigenvalue weighted by Crippen LogP contribution is -2.22. The highest BCUT2D eigenvalue weighted by Gasteiger charge is 2.21. The largest absolute Gasteiger partial charge is 0.454 e. The summed E-state index contributed by atoms with van der Waals surface area (Å²) in [6.07, 6.45) is 1.76. The predicted molar refractivity (Wildman–Crippen MR) is 133 cm³/mol. The minimum absolute atomic E-state index is 0.115. The Kier molecular flexibility index (Phi) is 6.09. The molecule has 0 radical (unpaired) electrons. The van der Waals surface area contributed by atoms with E-state index in [4.69, 9.17) is 10.5 Å². The van der Waals surface area contributed by atoms with Gasteiger partial charge in [0, 0.05) is 34.3 Å². The maximum Gasteiger partial charge on any atom is 0.259 e. The number of ketones is 1. The number of fused-ring (bicyclic) bond motifs is 2. The third kappa shape index (κ3) is 4.81. The van der Waals surface area contributed by atoms with Crippen molar-refractivity contribution >= 4 is 34.6 Å². The van der Waals surface area contributed by atoms with Crippen LogP contribution in [0.3, 0.4) is 0 Å². The Morgan fingerprint density at radius 3 is 2.57 bits per heavy atom. The summed E-state index contributed by atoms with van der Waals surface area (Å²) in [6, 6.07) is 18.9. The standard InChI is InChI=1S/C26H20N4O4S/c27-24(32)15-5-7-16(8-6-15)26-29-13-18(35-26)12-28-14-21(31)17-9-10-23-20(11-17)30-25(33)19-3-1-2-4-22(19)34-23/h1-11,13,28H,12,14H2,(H2,27,32)(H,30,33). The molecule has 0 bridgehead atoms. The van der Waals surface area contributed by atoms with E-state index in [-0.39, 0.29) is 18.2 Å². The van der Waals surface area contributed by atoms with Gasteiger partial charge in [0.15, 0.2) is 11.5 Å². The predicted octanol–water partition coefficient (Wildman–Crippen LogP) is 4.24. The number of aromatic nitrogens is 1. The summed E-state index contributed by atoms with van der Waals surface area (Å²) < 4.78 is 5.86. The third-order valence-electron chi connectivity index (χ3n) is 5.46. The first-order valence-corrected chi connectivity index (χ1v) is 11.6. The highest BCUT2D eigenvalue weighted by atomic mass is 32.1. The second kappa shape index (κ2) is 9.49. The number of primary amides is 1. The minimum atomic E-state index is -0.472. The number of hydrogen-bond donors (Lipinski definition) is 3. The number of rotatable bonds is 7. The van der Waals surface area contributed by atoms with E-state index in [2.05, 4.69) is 15.6 Å². The first-order valence-electron chi connectivity index (χ1n) is 10.8. The average molecular weight is 485 g/mol. The fraction of sp³-hybridized carbons (Fsp3) is 0.0769. The molecule has 0 spiro atoms. The summed E-state index contributed by atoms with van der Waals surface area (Å²) in [6.45, 7) is 0.594. The van der Waals surface area contributed by atoms with Gasteiger partial charge in [0.25, 0.3) is 5.91 Å². The van der Waals surface area contributed by atoms with Gasteiger partial charge in [-0.25, -0.2) is 4.98 Å². The summed E-state index contributed by atoms with van der Waals surface area (Å²) in [5.74, 6) is 0.0775. The van der Waals surface area contributed by atoms with Crippen LogP contribution in [0.5, 0.6) is 11.5 Å². The van der Waals surface area contributed by atoms with Gasteiger partial charge < -0.3 is 21.1 Å². The van der Waals surface area contributed by atoms with Crippen molar-refractivity contribution < 1.29 is 19.1 Å². The van der Waals surface area contributed by atoms with Crippen LogP contribution in [0, 0.1) is 0 Å². The molecule has 0 saturated heterocycles. The molecule has 0 fully saturated rings. The van der Waals surface area contributed by atoms with Gasteiger partial charge >= 0.3 is 0 Å². The Hall–Kier alpha value is -4.34. The lowest BCUT2D eigenvalue weighted by atomic mass is 10.1. The first kappa shape index (κ1) is 22.5. The first-order chi connectivity index (χ1) is 17.0. The number of thiazole rings is 1. The van der Waals surface area contributed by atoms with Crippen LogP contribution in [0.1, 0.15) is 36.0 Å². The lowest BCUT2D eigenvalue weighted by Gasteiger charge is -2.09. The fourth-order valence-electron chi connectivity index (χ4n) is 3.64. The van der Waals surface area contributed by atoms with Crippen molar-refractivity contribution in [3.8, 4) is 22.1 Å². The van der Waals surface area contributed by atoms with Crippen LogP contribution in [0.25, 0.3) is 10.6 Å². The van der Waals surface area contributed by atoms with Crippen molar-refractivity contribution in [2.24, 2.45) is 5.73 Å². The summed E-state index contributed by atoms with van der Waals surface area (Å²) in [5.41, 5.74) is 7.96. The fourth-order valence-corrected chi connectivity index (χ4v) is 4.53. The maximum absolute atomic E-state index is 12.8. The highest BCUT2D eigenvalue weighted by molar-refractivity contribution is 7.15. The monoisotopic (exact) mass is 484 g/mol. The molecule has 2 amide bonds. The third-order valence-corrected chi connectivity index (χ3v) is 6.50. The van der Waals surface area contributed by atoms with Crippen LogP contribution < -0.4 is 21.1 Å². The second-order valence-corrected chi connectivity index (χ2v) is 8.98. The number of carbonyl (C=O) groups excluding carboxylic acids is 3. The number of nitrogens with one attached hydrogen (secondary N) is 2. The Morgan fingerprint density at radius 2 is 1.77 bits per heavy atom. The van der Waals surface area contributed by atoms with Gasteiger partial charge in [0.05, 0.1) is 17.8 Å². The number of ether oxygens (including phenoxy) is 1. The minimum Gasteiger partial charge on any atom is -0.454 e. The average Bonchev–Trinajstić information content (AvgIpc) is 3.28. The Bertz CT molecular complexity index is 1450. The summed E-state index contributed by atoms with van der Waals surface area (Å²) in [4.78, 5) is 41.9. The number of nitrogens with two attached hydrogens (primary N) is 1. The Morgan fingerprint density at radius 1 is 1.00 bits per heavy atom. The maximum atomic E-state index is 12.8. The van der Waals surface area contributed by atoms with Gasteiger partial charge in [0.1, 0.15) is 10.8 Å². The molecule has 5 rings (SSSR count). The number of carbonyl (C=O) groups is 3. The van der Waals surface area contributed by atoms with Gasteiger partial charge in [0.2, 0.25) is 5.91 Å². The molecule has 0 aliphatic carbocycles. The molecule has 2 heterocycles. The number of para-hydroxylation sites is 1. The molecule has 1 aromatic heterocycles. The Balaban J connectivity index is 1.20. The van der Waals surface area contributed by atoms with E-state index in [1.807, 2.05) is 0 Å². The quantitative estimate of drug-likeness (QED) is 0.337. The van der Waals surface area contributed by atoms with Gasteiger partial charge in [-0.1, -0.05) is 24.3 Å². The number of hydrogen-bond acceptors (Lipinski definition) is 7. The molecule has 0 unspecified atom stereocenters. The van der Waals surface area contributed by atoms with E-state index in [0.717, 1.165) is 15.4 Å². The van der Waals surface area contributed by atoms with Crippen LogP contribution in [-0.2, 0) is 6.54 Å².